The number of piperidine rings is 1. The summed E-state index contributed by atoms with van der Waals surface area (Å²) in [6.45, 7) is 1.65. The van der Waals surface area contributed by atoms with Crippen LogP contribution in [-0.4, -0.2) is 45.8 Å². The second-order valence-electron chi connectivity index (χ2n) is 7.85. The van der Waals surface area contributed by atoms with Gasteiger partial charge in [0.25, 0.3) is 0 Å². The molecule has 30 heavy (non-hydrogen) atoms. The number of para-hydroxylation sites is 1. The first kappa shape index (κ1) is 20.1. The van der Waals surface area contributed by atoms with E-state index in [0.717, 1.165) is 61.6 Å². The van der Waals surface area contributed by atoms with Gasteiger partial charge >= 0.3 is 0 Å². The molecule has 0 N–H and O–H groups in total. The van der Waals surface area contributed by atoms with E-state index in [1.807, 2.05) is 51.9 Å². The zero-order valence-electron chi connectivity index (χ0n) is 17.4. The highest BCUT2D eigenvalue weighted by atomic mass is 16.5. The van der Waals surface area contributed by atoms with Crippen LogP contribution in [0.25, 0.3) is 5.69 Å². The number of carbonyl (C=O) groups excluding carboxylic acids is 1. The van der Waals surface area contributed by atoms with Crippen molar-refractivity contribution in [3.05, 3.63) is 72.3 Å². The van der Waals surface area contributed by atoms with E-state index in [1.54, 1.807) is 13.4 Å². The Morgan fingerprint density at radius 2 is 1.93 bits per heavy atom. The minimum atomic E-state index is 0.236. The number of benzene rings is 2. The molecule has 1 saturated heterocycles. The van der Waals surface area contributed by atoms with Gasteiger partial charge in [-0.2, -0.15) is 0 Å². The zero-order valence-corrected chi connectivity index (χ0v) is 17.4. The molecule has 1 aliphatic rings. The number of rotatable bonds is 7. The maximum atomic E-state index is 12.8. The van der Waals surface area contributed by atoms with Gasteiger partial charge in [0.05, 0.1) is 7.11 Å². The standard InChI is InChI=1S/C24H28N4O2/c1-30-22-12-9-19(10-13-22)11-14-24(29)27-15-5-6-20(17-27)16-23-26-25-18-28(23)21-7-3-2-4-8-21/h2-4,7-10,12-13,18,20H,5-6,11,14-17H2,1H3. The summed E-state index contributed by atoms with van der Waals surface area (Å²) in [7, 11) is 1.66. The monoisotopic (exact) mass is 404 g/mol. The summed E-state index contributed by atoms with van der Waals surface area (Å²) in [6, 6.07) is 18.1. The van der Waals surface area contributed by atoms with Gasteiger partial charge in [-0.15, -0.1) is 10.2 Å². The van der Waals surface area contributed by atoms with Gasteiger partial charge < -0.3 is 9.64 Å². The summed E-state index contributed by atoms with van der Waals surface area (Å²) in [5.41, 5.74) is 2.23. The third-order valence-corrected chi connectivity index (χ3v) is 5.78. The molecule has 6 heteroatoms. The first-order chi connectivity index (χ1) is 14.7. The lowest BCUT2D eigenvalue weighted by atomic mass is 9.94. The molecule has 1 amide bonds. The number of aryl methyl sites for hydroxylation is 1. The van der Waals surface area contributed by atoms with Crippen molar-refractivity contribution >= 4 is 5.91 Å². The molecule has 1 aliphatic heterocycles. The van der Waals surface area contributed by atoms with E-state index in [2.05, 4.69) is 22.3 Å². The Hall–Kier alpha value is -3.15. The van der Waals surface area contributed by atoms with Crippen LogP contribution < -0.4 is 4.74 Å². The Morgan fingerprint density at radius 3 is 2.70 bits per heavy atom. The van der Waals surface area contributed by atoms with Gasteiger partial charge in [0.15, 0.2) is 0 Å². The molecule has 0 bridgehead atoms. The highest BCUT2D eigenvalue weighted by Gasteiger charge is 2.25. The highest BCUT2D eigenvalue weighted by molar-refractivity contribution is 5.76. The fourth-order valence-corrected chi connectivity index (χ4v) is 4.12. The fraction of sp³-hybridized carbons (Fsp3) is 0.375. The molecule has 0 saturated carbocycles. The van der Waals surface area contributed by atoms with Gasteiger partial charge in [0.2, 0.25) is 5.91 Å². The summed E-state index contributed by atoms with van der Waals surface area (Å²) in [5, 5.41) is 8.46. The number of nitrogens with zero attached hydrogens (tertiary/aromatic N) is 4. The fourth-order valence-electron chi connectivity index (χ4n) is 4.12. The quantitative estimate of drug-likeness (QED) is 0.603. The van der Waals surface area contributed by atoms with E-state index in [9.17, 15) is 4.79 Å². The molecule has 0 aliphatic carbocycles. The van der Waals surface area contributed by atoms with Crippen molar-refractivity contribution in [2.45, 2.75) is 32.1 Å². The van der Waals surface area contributed by atoms with Crippen LogP contribution in [0.4, 0.5) is 0 Å². The van der Waals surface area contributed by atoms with Gasteiger partial charge in [-0.1, -0.05) is 30.3 Å². The smallest absolute Gasteiger partial charge is 0.222 e. The zero-order chi connectivity index (χ0) is 20.8. The summed E-state index contributed by atoms with van der Waals surface area (Å²) in [5.74, 6) is 2.45. The lowest BCUT2D eigenvalue weighted by Crippen LogP contribution is -2.40. The summed E-state index contributed by atoms with van der Waals surface area (Å²) in [4.78, 5) is 14.8. The van der Waals surface area contributed by atoms with Gasteiger partial charge in [0.1, 0.15) is 17.9 Å². The Kier molecular flexibility index (Phi) is 6.42. The van der Waals surface area contributed by atoms with E-state index in [0.29, 0.717) is 12.3 Å². The number of amides is 1. The minimum absolute atomic E-state index is 0.236. The first-order valence-corrected chi connectivity index (χ1v) is 10.6. The van der Waals surface area contributed by atoms with Crippen molar-refractivity contribution in [2.24, 2.45) is 5.92 Å². The van der Waals surface area contributed by atoms with Crippen molar-refractivity contribution in [3.63, 3.8) is 0 Å². The Morgan fingerprint density at radius 1 is 1.13 bits per heavy atom. The van der Waals surface area contributed by atoms with Crippen LogP contribution in [-0.2, 0) is 17.6 Å². The van der Waals surface area contributed by atoms with Crippen molar-refractivity contribution in [1.29, 1.82) is 0 Å². The maximum Gasteiger partial charge on any atom is 0.222 e. The molecule has 6 nitrogen and oxygen atoms in total. The van der Waals surface area contributed by atoms with Crippen LogP contribution in [0.1, 0.15) is 30.7 Å². The number of ether oxygens (including phenoxy) is 1. The van der Waals surface area contributed by atoms with E-state index >= 15 is 0 Å². The van der Waals surface area contributed by atoms with Gasteiger partial charge in [0, 0.05) is 31.6 Å². The van der Waals surface area contributed by atoms with Crippen molar-refractivity contribution < 1.29 is 9.53 Å². The maximum absolute atomic E-state index is 12.8. The molecule has 1 unspecified atom stereocenters. The first-order valence-electron chi connectivity index (χ1n) is 10.6. The number of hydrogen-bond acceptors (Lipinski definition) is 4. The van der Waals surface area contributed by atoms with E-state index in [-0.39, 0.29) is 5.91 Å². The number of likely N-dealkylation sites (tertiary alicyclic amines) is 1. The van der Waals surface area contributed by atoms with Crippen molar-refractivity contribution in [1.82, 2.24) is 19.7 Å². The van der Waals surface area contributed by atoms with Crippen molar-refractivity contribution in [2.75, 3.05) is 20.2 Å². The Balaban J connectivity index is 1.33. The third kappa shape index (κ3) is 4.87. The molecule has 156 valence electrons. The van der Waals surface area contributed by atoms with Gasteiger partial charge in [-0.25, -0.2) is 0 Å². The minimum Gasteiger partial charge on any atom is -0.497 e. The number of aromatic nitrogens is 3. The van der Waals surface area contributed by atoms with E-state index in [1.165, 1.54) is 0 Å². The molecule has 3 aromatic rings. The molecule has 4 rings (SSSR count). The predicted octanol–water partition coefficient (Wildman–Crippen LogP) is 3.69. The number of methoxy groups -OCH3 is 1. The summed E-state index contributed by atoms with van der Waals surface area (Å²) >= 11 is 0. The van der Waals surface area contributed by atoms with Crippen LogP contribution in [0.5, 0.6) is 5.75 Å². The van der Waals surface area contributed by atoms with Crippen LogP contribution in [0.2, 0.25) is 0 Å². The summed E-state index contributed by atoms with van der Waals surface area (Å²) < 4.78 is 7.24. The van der Waals surface area contributed by atoms with Crippen LogP contribution >= 0.6 is 0 Å². The second kappa shape index (κ2) is 9.57. The molecule has 2 heterocycles. The van der Waals surface area contributed by atoms with Gasteiger partial charge in [-0.3, -0.25) is 9.36 Å². The normalized spacial score (nSPS) is 16.4. The molecule has 1 aromatic heterocycles. The van der Waals surface area contributed by atoms with Crippen LogP contribution in [0, 0.1) is 5.92 Å². The highest BCUT2D eigenvalue weighted by Crippen LogP contribution is 2.22. The molecule has 1 fully saturated rings. The number of carbonyl (C=O) groups is 1. The van der Waals surface area contributed by atoms with E-state index < -0.39 is 0 Å². The molecule has 0 radical (unpaired) electrons. The van der Waals surface area contributed by atoms with Gasteiger partial charge in [-0.05, 0) is 55.0 Å². The molecule has 0 spiro atoms. The Bertz CT molecular complexity index is 953. The average molecular weight is 405 g/mol. The second-order valence-corrected chi connectivity index (χ2v) is 7.85. The molecular weight excluding hydrogens is 376 g/mol. The lowest BCUT2D eigenvalue weighted by molar-refractivity contribution is -0.133. The average Bonchev–Trinajstić information content (AvgIpc) is 3.26. The topological polar surface area (TPSA) is 60.2 Å². The van der Waals surface area contributed by atoms with E-state index in [4.69, 9.17) is 4.74 Å². The van der Waals surface area contributed by atoms with Crippen LogP contribution in [0.15, 0.2) is 60.9 Å². The third-order valence-electron chi connectivity index (χ3n) is 5.78. The molecular formula is C24H28N4O2. The predicted molar refractivity (Wildman–Crippen MR) is 116 cm³/mol. The SMILES string of the molecule is COc1ccc(CCC(=O)N2CCCC(Cc3nncn3-c3ccccc3)C2)cc1. The largest absolute Gasteiger partial charge is 0.497 e. The van der Waals surface area contributed by atoms with Crippen LogP contribution in [0.3, 0.4) is 0 Å². The van der Waals surface area contributed by atoms with Crippen molar-refractivity contribution in [3.8, 4) is 11.4 Å². The lowest BCUT2D eigenvalue weighted by Gasteiger charge is -2.32. The Labute approximate surface area is 177 Å². The summed E-state index contributed by atoms with van der Waals surface area (Å²) in [6.07, 6.45) is 6.05. The molecule has 1 atom stereocenters. The molecule has 2 aromatic carbocycles. The number of hydrogen-bond donors (Lipinski definition) is 0.